The molecule has 0 heterocycles. The van der Waals surface area contributed by atoms with E-state index in [1.54, 1.807) is 6.92 Å². The number of hydrogen-bond acceptors (Lipinski definition) is 1. The van der Waals surface area contributed by atoms with Gasteiger partial charge in [0.2, 0.25) is 0 Å². The van der Waals surface area contributed by atoms with Gasteiger partial charge in [-0.2, -0.15) is 13.2 Å². The van der Waals surface area contributed by atoms with Crippen molar-refractivity contribution in [2.75, 3.05) is 0 Å². The van der Waals surface area contributed by atoms with Crippen molar-refractivity contribution in [3.63, 3.8) is 0 Å². The van der Waals surface area contributed by atoms with Crippen LogP contribution in [0.2, 0.25) is 0 Å². The molecule has 0 aromatic heterocycles. The van der Waals surface area contributed by atoms with Crippen molar-refractivity contribution >= 4 is 0 Å². The van der Waals surface area contributed by atoms with Crippen LogP contribution < -0.4 is 0 Å². The predicted octanol–water partition coefficient (Wildman–Crippen LogP) is 3.55. The largest absolute Gasteiger partial charge is 0.419 e. The zero-order chi connectivity index (χ0) is 13.1. The fourth-order valence-electron chi connectivity index (χ4n) is 1.48. The molecule has 0 aliphatic rings. The van der Waals surface area contributed by atoms with Crippen molar-refractivity contribution in [2.24, 2.45) is 0 Å². The van der Waals surface area contributed by atoms with Gasteiger partial charge < -0.3 is 5.11 Å². The SMILES string of the molecule is CCC(O)CCc1ccc(F)c(C(F)(F)F)c1. The van der Waals surface area contributed by atoms with Gasteiger partial charge in [-0.3, -0.25) is 0 Å². The summed E-state index contributed by atoms with van der Waals surface area (Å²) in [4.78, 5) is 0. The van der Waals surface area contributed by atoms with E-state index in [1.807, 2.05) is 0 Å². The summed E-state index contributed by atoms with van der Waals surface area (Å²) >= 11 is 0. The Morgan fingerprint density at radius 3 is 2.47 bits per heavy atom. The Kier molecular flexibility index (Phi) is 4.51. The molecular weight excluding hydrogens is 236 g/mol. The first-order valence-corrected chi connectivity index (χ1v) is 5.38. The summed E-state index contributed by atoms with van der Waals surface area (Å²) in [7, 11) is 0. The molecule has 0 amide bonds. The molecule has 1 nitrogen and oxygen atoms in total. The van der Waals surface area contributed by atoms with Gasteiger partial charge in [0, 0.05) is 0 Å². The lowest BCUT2D eigenvalue weighted by Gasteiger charge is -2.11. The third kappa shape index (κ3) is 4.00. The topological polar surface area (TPSA) is 20.2 Å². The first-order valence-electron chi connectivity index (χ1n) is 5.38. The number of rotatable bonds is 4. The normalized spacial score (nSPS) is 13.8. The fourth-order valence-corrected chi connectivity index (χ4v) is 1.48. The first-order chi connectivity index (χ1) is 7.84. The van der Waals surface area contributed by atoms with Crippen molar-refractivity contribution in [3.05, 3.63) is 35.1 Å². The van der Waals surface area contributed by atoms with Gasteiger partial charge >= 0.3 is 6.18 Å². The first kappa shape index (κ1) is 14.0. The molecule has 0 bridgehead atoms. The lowest BCUT2D eigenvalue weighted by molar-refractivity contribution is -0.140. The number of benzene rings is 1. The summed E-state index contributed by atoms with van der Waals surface area (Å²) in [6.45, 7) is 1.79. The Morgan fingerprint density at radius 2 is 1.94 bits per heavy atom. The highest BCUT2D eigenvalue weighted by atomic mass is 19.4. The van der Waals surface area contributed by atoms with E-state index in [2.05, 4.69) is 0 Å². The summed E-state index contributed by atoms with van der Waals surface area (Å²) in [5.74, 6) is -1.27. The van der Waals surface area contributed by atoms with E-state index in [9.17, 15) is 22.7 Å². The maximum absolute atomic E-state index is 13.0. The van der Waals surface area contributed by atoms with Crippen LogP contribution in [0.4, 0.5) is 17.6 Å². The predicted molar refractivity (Wildman–Crippen MR) is 56.0 cm³/mol. The van der Waals surface area contributed by atoms with Crippen LogP contribution in [-0.4, -0.2) is 11.2 Å². The number of aryl methyl sites for hydroxylation is 1. The van der Waals surface area contributed by atoms with E-state index in [0.29, 0.717) is 24.8 Å². The van der Waals surface area contributed by atoms with Crippen LogP contribution in [0, 0.1) is 5.82 Å². The monoisotopic (exact) mass is 250 g/mol. The molecule has 1 atom stereocenters. The minimum absolute atomic E-state index is 0.304. The molecule has 1 aromatic carbocycles. The molecule has 17 heavy (non-hydrogen) atoms. The minimum Gasteiger partial charge on any atom is -0.393 e. The highest BCUT2D eigenvalue weighted by Crippen LogP contribution is 2.32. The van der Waals surface area contributed by atoms with Gasteiger partial charge in [-0.15, -0.1) is 0 Å². The van der Waals surface area contributed by atoms with Crippen molar-refractivity contribution in [2.45, 2.75) is 38.5 Å². The minimum atomic E-state index is -4.68. The molecule has 0 saturated heterocycles. The van der Waals surface area contributed by atoms with Crippen molar-refractivity contribution in [3.8, 4) is 0 Å². The molecule has 1 rings (SSSR count). The zero-order valence-electron chi connectivity index (χ0n) is 9.39. The maximum Gasteiger partial charge on any atom is 0.419 e. The Balaban J connectivity index is 2.82. The number of aliphatic hydroxyl groups is 1. The highest BCUT2D eigenvalue weighted by Gasteiger charge is 2.34. The Labute approximate surface area is 97.1 Å². The Morgan fingerprint density at radius 1 is 1.29 bits per heavy atom. The number of halogens is 4. The fraction of sp³-hybridized carbons (Fsp3) is 0.500. The molecule has 0 spiro atoms. The van der Waals surface area contributed by atoms with Crippen LogP contribution in [0.25, 0.3) is 0 Å². The molecule has 0 radical (unpaired) electrons. The van der Waals surface area contributed by atoms with Gasteiger partial charge in [-0.25, -0.2) is 4.39 Å². The molecule has 1 aromatic rings. The van der Waals surface area contributed by atoms with Crippen LogP contribution in [0.3, 0.4) is 0 Å². The second-order valence-electron chi connectivity index (χ2n) is 3.91. The van der Waals surface area contributed by atoms with Crippen LogP contribution in [0.1, 0.15) is 30.9 Å². The van der Waals surface area contributed by atoms with Crippen LogP contribution in [0.5, 0.6) is 0 Å². The molecular formula is C12H14F4O. The molecule has 1 N–H and O–H groups in total. The standard InChI is InChI=1S/C12H14F4O/c1-2-9(17)5-3-8-4-6-11(13)10(7-8)12(14,15)16/h4,6-7,9,17H,2-3,5H2,1H3. The van der Waals surface area contributed by atoms with Crippen LogP contribution >= 0.6 is 0 Å². The summed E-state index contributed by atoms with van der Waals surface area (Å²) in [5.41, 5.74) is -0.868. The molecule has 96 valence electrons. The van der Waals surface area contributed by atoms with Crippen LogP contribution in [0.15, 0.2) is 18.2 Å². The smallest absolute Gasteiger partial charge is 0.393 e. The van der Waals surface area contributed by atoms with E-state index in [0.717, 1.165) is 12.1 Å². The second-order valence-corrected chi connectivity index (χ2v) is 3.91. The van der Waals surface area contributed by atoms with E-state index in [4.69, 9.17) is 0 Å². The molecule has 1 unspecified atom stereocenters. The van der Waals surface area contributed by atoms with E-state index in [1.165, 1.54) is 6.07 Å². The number of hydrogen-bond donors (Lipinski definition) is 1. The average molecular weight is 250 g/mol. The number of aliphatic hydroxyl groups excluding tert-OH is 1. The molecule has 0 aliphatic carbocycles. The van der Waals surface area contributed by atoms with E-state index < -0.39 is 23.7 Å². The highest BCUT2D eigenvalue weighted by molar-refractivity contribution is 5.27. The van der Waals surface area contributed by atoms with Gasteiger partial charge in [0.25, 0.3) is 0 Å². The van der Waals surface area contributed by atoms with E-state index >= 15 is 0 Å². The van der Waals surface area contributed by atoms with Gasteiger partial charge in [0.15, 0.2) is 0 Å². The molecule has 5 heteroatoms. The second kappa shape index (κ2) is 5.49. The third-order valence-electron chi connectivity index (χ3n) is 2.57. The van der Waals surface area contributed by atoms with Gasteiger partial charge in [-0.1, -0.05) is 13.0 Å². The summed E-state index contributed by atoms with van der Waals surface area (Å²) in [6, 6.07) is 2.93. The quantitative estimate of drug-likeness (QED) is 0.810. The summed E-state index contributed by atoms with van der Waals surface area (Å²) < 4.78 is 50.2. The van der Waals surface area contributed by atoms with Crippen molar-refractivity contribution in [1.29, 1.82) is 0 Å². The van der Waals surface area contributed by atoms with Crippen molar-refractivity contribution < 1.29 is 22.7 Å². The van der Waals surface area contributed by atoms with E-state index in [-0.39, 0.29) is 0 Å². The third-order valence-corrected chi connectivity index (χ3v) is 2.57. The summed E-state index contributed by atoms with van der Waals surface area (Å²) in [6.07, 6.45) is -3.98. The van der Waals surface area contributed by atoms with Crippen molar-refractivity contribution in [1.82, 2.24) is 0 Å². The molecule has 0 fully saturated rings. The van der Waals surface area contributed by atoms with Gasteiger partial charge in [0.1, 0.15) is 5.82 Å². The summed E-state index contributed by atoms with van der Waals surface area (Å²) in [5, 5.41) is 9.31. The van der Waals surface area contributed by atoms with Crippen LogP contribution in [-0.2, 0) is 12.6 Å². The van der Waals surface area contributed by atoms with Gasteiger partial charge in [-0.05, 0) is 37.0 Å². The Bertz CT molecular complexity index is 373. The molecule has 0 saturated carbocycles. The van der Waals surface area contributed by atoms with Gasteiger partial charge in [0.05, 0.1) is 11.7 Å². The molecule has 0 aliphatic heterocycles. The zero-order valence-corrected chi connectivity index (χ0v) is 9.39. The maximum atomic E-state index is 13.0. The lowest BCUT2D eigenvalue weighted by Crippen LogP contribution is -2.10. The number of alkyl halides is 3. The lowest BCUT2D eigenvalue weighted by atomic mass is 10.0. The average Bonchev–Trinajstić information content (AvgIpc) is 2.26. The Hall–Kier alpha value is -1.10.